The molecule has 0 bridgehead atoms. The van der Waals surface area contributed by atoms with Gasteiger partial charge in [0.25, 0.3) is 0 Å². The van der Waals surface area contributed by atoms with E-state index in [1.807, 2.05) is 29.2 Å². The van der Waals surface area contributed by atoms with Gasteiger partial charge in [0, 0.05) is 51.4 Å². The van der Waals surface area contributed by atoms with Crippen molar-refractivity contribution in [1.82, 2.24) is 24.6 Å². The smallest absolute Gasteiger partial charge is 0.233 e. The molecule has 35 heavy (non-hydrogen) atoms. The number of hydrogen-bond acceptors (Lipinski definition) is 7. The lowest BCUT2D eigenvalue weighted by atomic mass is 10.1. The number of piperazine rings is 1. The molecule has 0 unspecified atom stereocenters. The summed E-state index contributed by atoms with van der Waals surface area (Å²) in [5.41, 5.74) is 0.697. The van der Waals surface area contributed by atoms with Crippen LogP contribution in [0.3, 0.4) is 0 Å². The Kier molecular flexibility index (Phi) is 7.68. The molecule has 2 aromatic heterocycles. The van der Waals surface area contributed by atoms with Gasteiger partial charge in [-0.05, 0) is 37.5 Å². The van der Waals surface area contributed by atoms with E-state index in [0.717, 1.165) is 55.9 Å². The first-order valence-electron chi connectivity index (χ1n) is 12.2. The van der Waals surface area contributed by atoms with Gasteiger partial charge in [0.1, 0.15) is 11.6 Å². The molecule has 4 heterocycles. The second-order valence-corrected chi connectivity index (χ2v) is 9.98. The zero-order valence-electron chi connectivity index (χ0n) is 19.8. The summed E-state index contributed by atoms with van der Waals surface area (Å²) in [5.74, 6) is 1.90. The molecular formula is C25H31FN6O2S. The molecule has 3 aromatic rings. The van der Waals surface area contributed by atoms with Crippen molar-refractivity contribution in [3.63, 3.8) is 0 Å². The van der Waals surface area contributed by atoms with Crippen molar-refractivity contribution in [2.24, 2.45) is 0 Å². The Labute approximate surface area is 209 Å². The van der Waals surface area contributed by atoms with Gasteiger partial charge in [-0.1, -0.05) is 30.0 Å². The Morgan fingerprint density at radius 1 is 0.943 bits per heavy atom. The monoisotopic (exact) mass is 498 g/mol. The lowest BCUT2D eigenvalue weighted by molar-refractivity contribution is -0.130. The first-order chi connectivity index (χ1) is 17.2. The summed E-state index contributed by atoms with van der Waals surface area (Å²) in [6.07, 6.45) is 5.21. The van der Waals surface area contributed by atoms with Crippen molar-refractivity contribution in [3.05, 3.63) is 59.8 Å². The molecular weight excluding hydrogens is 467 g/mol. The number of piperidine rings is 1. The van der Waals surface area contributed by atoms with Gasteiger partial charge in [0.15, 0.2) is 5.16 Å². The summed E-state index contributed by atoms with van der Waals surface area (Å²) in [7, 11) is 0. The molecule has 2 fully saturated rings. The zero-order valence-corrected chi connectivity index (χ0v) is 20.6. The molecule has 1 amide bonds. The van der Waals surface area contributed by atoms with Gasteiger partial charge in [0.05, 0.1) is 18.6 Å². The normalized spacial score (nSPS) is 17.2. The average molecular weight is 499 g/mol. The van der Waals surface area contributed by atoms with Crippen LogP contribution in [0.2, 0.25) is 0 Å². The molecule has 0 spiro atoms. The molecule has 2 saturated heterocycles. The van der Waals surface area contributed by atoms with Gasteiger partial charge in [-0.25, -0.2) is 4.39 Å². The van der Waals surface area contributed by atoms with Gasteiger partial charge in [-0.3, -0.25) is 14.3 Å². The fourth-order valence-electron chi connectivity index (χ4n) is 4.65. The van der Waals surface area contributed by atoms with Crippen molar-refractivity contribution in [3.8, 4) is 0 Å². The van der Waals surface area contributed by atoms with Crippen LogP contribution in [0.15, 0.2) is 52.2 Å². The van der Waals surface area contributed by atoms with Gasteiger partial charge < -0.3 is 14.2 Å². The van der Waals surface area contributed by atoms with Gasteiger partial charge >= 0.3 is 0 Å². The quantitative estimate of drug-likeness (QED) is 0.441. The van der Waals surface area contributed by atoms with E-state index < -0.39 is 0 Å². The van der Waals surface area contributed by atoms with E-state index in [9.17, 15) is 9.18 Å². The van der Waals surface area contributed by atoms with E-state index in [0.29, 0.717) is 37.5 Å². The maximum atomic E-state index is 14.0. The first kappa shape index (κ1) is 23.9. The van der Waals surface area contributed by atoms with Crippen LogP contribution >= 0.6 is 11.8 Å². The fourth-order valence-corrected chi connectivity index (χ4v) is 5.49. The topological polar surface area (TPSA) is 70.6 Å². The number of benzene rings is 1. The van der Waals surface area contributed by atoms with Crippen molar-refractivity contribution in [2.75, 3.05) is 49.9 Å². The molecule has 2 aliphatic rings. The van der Waals surface area contributed by atoms with Gasteiger partial charge in [-0.2, -0.15) is 0 Å². The molecule has 186 valence electrons. The largest absolute Gasteiger partial charge is 0.467 e. The van der Waals surface area contributed by atoms with Crippen LogP contribution < -0.4 is 4.90 Å². The van der Waals surface area contributed by atoms with E-state index >= 15 is 0 Å². The average Bonchev–Trinajstić information content (AvgIpc) is 3.55. The number of amides is 1. The highest BCUT2D eigenvalue weighted by Gasteiger charge is 2.25. The summed E-state index contributed by atoms with van der Waals surface area (Å²) < 4.78 is 21.6. The van der Waals surface area contributed by atoms with Crippen LogP contribution in [-0.2, 0) is 17.9 Å². The van der Waals surface area contributed by atoms with Crippen LogP contribution in [0.5, 0.6) is 0 Å². The fraction of sp³-hybridized carbons (Fsp3) is 0.480. The summed E-state index contributed by atoms with van der Waals surface area (Å²) in [4.78, 5) is 19.3. The van der Waals surface area contributed by atoms with Crippen molar-refractivity contribution >= 4 is 23.6 Å². The lowest BCUT2D eigenvalue weighted by Crippen LogP contribution is -2.48. The van der Waals surface area contributed by atoms with E-state index in [-0.39, 0.29) is 11.7 Å². The number of nitrogens with zero attached hydrogens (tertiary/aromatic N) is 6. The lowest BCUT2D eigenvalue weighted by Gasteiger charge is -2.34. The van der Waals surface area contributed by atoms with E-state index in [1.165, 1.54) is 24.2 Å². The van der Waals surface area contributed by atoms with Gasteiger partial charge in [0.2, 0.25) is 11.9 Å². The van der Waals surface area contributed by atoms with E-state index in [2.05, 4.69) is 24.6 Å². The Morgan fingerprint density at radius 2 is 1.74 bits per heavy atom. The minimum atomic E-state index is -0.176. The minimum absolute atomic E-state index is 0.0904. The predicted octanol–water partition coefficient (Wildman–Crippen LogP) is 3.49. The Bertz CT molecular complexity index is 1110. The molecule has 1 aromatic carbocycles. The number of furan rings is 1. The number of carbonyl (C=O) groups is 1. The highest BCUT2D eigenvalue weighted by molar-refractivity contribution is 7.99. The SMILES string of the molecule is O=C(CSc1nnc(N2CCCCC2)n1Cc1ccco1)N1CCN(Cc2ccccc2F)CC1. The third-order valence-electron chi connectivity index (χ3n) is 6.63. The van der Waals surface area contributed by atoms with Crippen molar-refractivity contribution in [1.29, 1.82) is 0 Å². The molecule has 0 saturated carbocycles. The molecule has 8 nitrogen and oxygen atoms in total. The molecule has 2 aliphatic heterocycles. The molecule has 0 radical (unpaired) electrons. The third kappa shape index (κ3) is 5.87. The minimum Gasteiger partial charge on any atom is -0.467 e. The van der Waals surface area contributed by atoms with Crippen LogP contribution in [0.4, 0.5) is 10.3 Å². The third-order valence-corrected chi connectivity index (χ3v) is 7.58. The number of aromatic nitrogens is 3. The number of rotatable bonds is 8. The van der Waals surface area contributed by atoms with Gasteiger partial charge in [-0.15, -0.1) is 10.2 Å². The molecule has 0 aliphatic carbocycles. The molecule has 0 atom stereocenters. The van der Waals surface area contributed by atoms with E-state index in [4.69, 9.17) is 4.42 Å². The second kappa shape index (κ2) is 11.3. The summed E-state index contributed by atoms with van der Waals surface area (Å²) >= 11 is 1.43. The Hall–Kier alpha value is -2.85. The highest BCUT2D eigenvalue weighted by atomic mass is 32.2. The van der Waals surface area contributed by atoms with Crippen molar-refractivity contribution < 1.29 is 13.6 Å². The van der Waals surface area contributed by atoms with Crippen LogP contribution in [-0.4, -0.2) is 75.5 Å². The van der Waals surface area contributed by atoms with Crippen LogP contribution in [0, 0.1) is 5.82 Å². The number of halogens is 1. The number of hydrogen-bond donors (Lipinski definition) is 0. The molecule has 10 heteroatoms. The highest BCUT2D eigenvalue weighted by Crippen LogP contribution is 2.26. The van der Waals surface area contributed by atoms with Crippen molar-refractivity contribution in [2.45, 2.75) is 37.5 Å². The Morgan fingerprint density at radius 3 is 2.49 bits per heavy atom. The standard InChI is InChI=1S/C25H31FN6O2S/c26-22-9-3-2-7-20(22)17-29-12-14-30(15-13-29)23(33)19-35-25-28-27-24(31-10-4-1-5-11-31)32(25)18-21-8-6-16-34-21/h2-3,6-9,16H,1,4-5,10-15,17-19H2. The predicted molar refractivity (Wildman–Crippen MR) is 133 cm³/mol. The maximum Gasteiger partial charge on any atom is 0.233 e. The second-order valence-electron chi connectivity index (χ2n) is 9.03. The number of anilines is 1. The van der Waals surface area contributed by atoms with Crippen LogP contribution in [0.1, 0.15) is 30.6 Å². The number of carbonyl (C=O) groups excluding carboxylic acids is 1. The summed E-state index contributed by atoms with van der Waals surface area (Å²) in [6, 6.07) is 10.7. The Balaban J connectivity index is 1.18. The number of thioether (sulfide) groups is 1. The molecule has 5 rings (SSSR count). The summed E-state index contributed by atoms with van der Waals surface area (Å²) in [6.45, 7) is 5.80. The van der Waals surface area contributed by atoms with Crippen LogP contribution in [0.25, 0.3) is 0 Å². The molecule has 0 N–H and O–H groups in total. The summed E-state index contributed by atoms with van der Waals surface area (Å²) in [5, 5.41) is 9.65. The zero-order chi connectivity index (χ0) is 24.0. The van der Waals surface area contributed by atoms with E-state index in [1.54, 1.807) is 12.3 Å². The maximum absolute atomic E-state index is 14.0. The first-order valence-corrected chi connectivity index (χ1v) is 13.2.